The minimum Gasteiger partial charge on any atom is -0.335 e. The maximum atomic E-state index is 11.9. The number of allylic oxidation sites excluding steroid dienone is 10. The first-order chi connectivity index (χ1) is 14.9. The molecule has 0 fully saturated rings. The minimum absolute atomic E-state index is 0.0322. The van der Waals surface area contributed by atoms with Crippen LogP contribution in [0, 0.1) is 0 Å². The average Bonchev–Trinajstić information content (AvgIpc) is 3.15. The van der Waals surface area contributed by atoms with Gasteiger partial charge < -0.3 is 5.32 Å². The van der Waals surface area contributed by atoms with Gasteiger partial charge in [-0.3, -0.25) is 4.79 Å². The van der Waals surface area contributed by atoms with E-state index >= 15 is 0 Å². The van der Waals surface area contributed by atoms with E-state index in [1.54, 1.807) is 6.08 Å². The molecule has 0 saturated heterocycles. The van der Waals surface area contributed by atoms with E-state index in [0.717, 1.165) is 28.8 Å². The fourth-order valence-corrected chi connectivity index (χ4v) is 2.07. The zero-order chi connectivity index (χ0) is 25.2. The van der Waals surface area contributed by atoms with Gasteiger partial charge in [-0.1, -0.05) is 73.1 Å². The molecule has 10 heteroatoms. The van der Waals surface area contributed by atoms with E-state index in [1.807, 2.05) is 31.2 Å². The van der Waals surface area contributed by atoms with Gasteiger partial charge in [0, 0.05) is 21.9 Å². The lowest BCUT2D eigenvalue weighted by Crippen LogP contribution is -2.09. The lowest BCUT2D eigenvalue weighted by molar-refractivity contribution is -0.104. The molecule has 0 saturated carbocycles. The topological polar surface area (TPSA) is 54.9 Å². The molecule has 1 heterocycles. The summed E-state index contributed by atoms with van der Waals surface area (Å²) in [6.45, 7) is 14.9. The summed E-state index contributed by atoms with van der Waals surface area (Å²) in [5.41, 5.74) is 0.112. The first-order valence-electron chi connectivity index (χ1n) is 8.89. The first-order valence-corrected chi connectivity index (χ1v) is 10.6. The lowest BCUT2D eigenvalue weighted by Gasteiger charge is -2.05. The molecular formula is C22H26Cl2F3N3OS. The second-order valence-corrected chi connectivity index (χ2v) is 7.52. The van der Waals surface area contributed by atoms with Gasteiger partial charge in [0.05, 0.1) is 5.88 Å². The third-order valence-corrected chi connectivity index (χ3v) is 4.20. The van der Waals surface area contributed by atoms with Crippen LogP contribution >= 0.6 is 34.5 Å². The molecule has 1 aromatic heterocycles. The fraction of sp³-hybridized carbons (Fsp3) is 0.227. The highest BCUT2D eigenvalue weighted by atomic mass is 35.5. The number of anilines is 1. The van der Waals surface area contributed by atoms with Crippen molar-refractivity contribution in [2.75, 3.05) is 11.2 Å². The van der Waals surface area contributed by atoms with Crippen LogP contribution in [0.15, 0.2) is 78.1 Å². The molecule has 0 atom stereocenters. The number of rotatable bonds is 8. The van der Waals surface area contributed by atoms with Gasteiger partial charge >= 0.3 is 6.18 Å². The van der Waals surface area contributed by atoms with Gasteiger partial charge in [0.25, 0.3) is 0 Å². The summed E-state index contributed by atoms with van der Waals surface area (Å²) in [6, 6.07) is 0. The number of aromatic nitrogens is 2. The smallest absolute Gasteiger partial charge is 0.335 e. The Morgan fingerprint density at radius 3 is 2.19 bits per heavy atom. The Kier molecular flexibility index (Phi) is 18.0. The van der Waals surface area contributed by atoms with Gasteiger partial charge in [-0.25, -0.2) is 0 Å². The zero-order valence-electron chi connectivity index (χ0n) is 18.0. The van der Waals surface area contributed by atoms with Crippen LogP contribution in [0.4, 0.5) is 18.3 Å². The van der Waals surface area contributed by atoms with Crippen molar-refractivity contribution in [1.29, 1.82) is 0 Å². The Hall–Kier alpha value is -2.42. The molecule has 1 aromatic rings. The van der Waals surface area contributed by atoms with Crippen LogP contribution in [0.2, 0.25) is 0 Å². The molecule has 1 N–H and O–H groups in total. The number of carbonyl (C=O) groups is 1. The maximum Gasteiger partial charge on any atom is 0.412 e. The molecule has 0 amide bonds. The summed E-state index contributed by atoms with van der Waals surface area (Å²) in [4.78, 5) is 10.1. The number of hydrogen-bond donors (Lipinski definition) is 1. The molecule has 0 aliphatic carbocycles. The standard InChI is InChI=1S/C11H13N3S.C8H9F3O.C3H4Cl2/c1-4-5-6-7-8-10-13-14-11(15-10)12-9(2)3;1-3-7(5-12)4-6(2)8(9,10)11;1-3(5)2-4/h4-8H,1-2H2,3H3,(H,12,14);3-5H,1-2H3;1-2H2/b6-5-,8-7+;6-4+,7-3+;. The molecule has 0 aliphatic heterocycles. The maximum absolute atomic E-state index is 11.9. The van der Waals surface area contributed by atoms with Crippen LogP contribution in [-0.4, -0.2) is 28.5 Å². The van der Waals surface area contributed by atoms with E-state index in [-0.39, 0.29) is 5.57 Å². The molecule has 0 spiro atoms. The monoisotopic (exact) mass is 507 g/mol. The SMILES string of the molecule is C/C=C(C=O)\C=C(/C)C(F)(F)F.C=C(Cl)CCl.C=C/C=C\C=C\c1nnc(NC(=C)C)s1. The quantitative estimate of drug-likeness (QED) is 0.168. The second kappa shape index (κ2) is 18.2. The number of nitrogens with zero attached hydrogens (tertiary/aromatic N) is 2. The summed E-state index contributed by atoms with van der Waals surface area (Å²) in [6.07, 6.45) is 7.42. The van der Waals surface area contributed by atoms with E-state index in [9.17, 15) is 18.0 Å². The molecule has 0 radical (unpaired) electrons. The number of halogens is 5. The fourth-order valence-electron chi connectivity index (χ4n) is 1.33. The van der Waals surface area contributed by atoms with Crippen LogP contribution in [-0.2, 0) is 4.79 Å². The van der Waals surface area contributed by atoms with E-state index in [4.69, 9.17) is 23.2 Å². The van der Waals surface area contributed by atoms with Gasteiger partial charge in [-0.05, 0) is 32.9 Å². The zero-order valence-corrected chi connectivity index (χ0v) is 20.4. The first kappa shape index (κ1) is 31.8. The van der Waals surface area contributed by atoms with Gasteiger partial charge in [0.15, 0.2) is 0 Å². The third kappa shape index (κ3) is 18.4. The van der Waals surface area contributed by atoms with Crippen molar-refractivity contribution in [2.24, 2.45) is 0 Å². The molecule has 4 nitrogen and oxygen atoms in total. The Morgan fingerprint density at radius 1 is 1.19 bits per heavy atom. The van der Waals surface area contributed by atoms with Crippen molar-refractivity contribution in [3.05, 3.63) is 83.1 Å². The molecule has 176 valence electrons. The van der Waals surface area contributed by atoms with Crippen molar-refractivity contribution in [2.45, 2.75) is 26.9 Å². The van der Waals surface area contributed by atoms with Gasteiger partial charge in [-0.2, -0.15) is 13.2 Å². The number of nitrogens with one attached hydrogen (secondary N) is 1. The van der Waals surface area contributed by atoms with Crippen molar-refractivity contribution >= 4 is 52.0 Å². The number of aldehydes is 1. The Morgan fingerprint density at radius 2 is 1.78 bits per heavy atom. The number of carbonyl (C=O) groups excluding carboxylic acids is 1. The highest BCUT2D eigenvalue weighted by Crippen LogP contribution is 2.25. The molecule has 0 aliphatic rings. The summed E-state index contributed by atoms with van der Waals surface area (Å²) in [5.74, 6) is 0.349. The van der Waals surface area contributed by atoms with E-state index in [1.165, 1.54) is 24.3 Å². The number of alkyl halides is 4. The largest absolute Gasteiger partial charge is 0.412 e. The molecule has 0 bridgehead atoms. The van der Waals surface area contributed by atoms with Crippen molar-refractivity contribution in [3.63, 3.8) is 0 Å². The predicted molar refractivity (Wildman–Crippen MR) is 132 cm³/mol. The van der Waals surface area contributed by atoms with E-state index in [2.05, 4.69) is 35.3 Å². The molecule has 0 unspecified atom stereocenters. The van der Waals surface area contributed by atoms with Crippen molar-refractivity contribution < 1.29 is 18.0 Å². The lowest BCUT2D eigenvalue weighted by atomic mass is 10.2. The molecule has 32 heavy (non-hydrogen) atoms. The predicted octanol–water partition coefficient (Wildman–Crippen LogP) is 7.86. The van der Waals surface area contributed by atoms with Gasteiger partial charge in [0.2, 0.25) is 5.13 Å². The summed E-state index contributed by atoms with van der Waals surface area (Å²) in [7, 11) is 0. The Bertz CT molecular complexity index is 870. The van der Waals surface area contributed by atoms with E-state index < -0.39 is 11.7 Å². The van der Waals surface area contributed by atoms with Crippen LogP contribution in [0.5, 0.6) is 0 Å². The van der Waals surface area contributed by atoms with Gasteiger partial charge in [-0.15, -0.1) is 21.8 Å². The summed E-state index contributed by atoms with van der Waals surface area (Å²) >= 11 is 11.7. The summed E-state index contributed by atoms with van der Waals surface area (Å²) < 4.78 is 35.6. The Balaban J connectivity index is 0. The highest BCUT2D eigenvalue weighted by molar-refractivity contribution is 7.16. The van der Waals surface area contributed by atoms with Crippen LogP contribution in [0.1, 0.15) is 25.8 Å². The van der Waals surface area contributed by atoms with Crippen LogP contribution in [0.3, 0.4) is 0 Å². The van der Waals surface area contributed by atoms with Crippen LogP contribution in [0.25, 0.3) is 6.08 Å². The second-order valence-electron chi connectivity index (χ2n) is 5.71. The Labute approximate surface area is 201 Å². The van der Waals surface area contributed by atoms with Crippen LogP contribution < -0.4 is 5.32 Å². The third-order valence-electron chi connectivity index (χ3n) is 2.80. The molecule has 0 aromatic carbocycles. The van der Waals surface area contributed by atoms with Crippen molar-refractivity contribution in [3.8, 4) is 0 Å². The van der Waals surface area contributed by atoms with Gasteiger partial charge in [0.1, 0.15) is 11.3 Å². The summed E-state index contributed by atoms with van der Waals surface area (Å²) in [5, 5.41) is 13.1. The molecular weight excluding hydrogens is 482 g/mol. The normalized spacial score (nSPS) is 11.9. The van der Waals surface area contributed by atoms with E-state index in [0.29, 0.717) is 17.2 Å². The molecule has 1 rings (SSSR count). The highest BCUT2D eigenvalue weighted by Gasteiger charge is 2.29. The minimum atomic E-state index is -4.35. The average molecular weight is 508 g/mol. The van der Waals surface area contributed by atoms with Crippen molar-refractivity contribution in [1.82, 2.24) is 10.2 Å². The number of hydrogen-bond acceptors (Lipinski definition) is 5.